The molecule has 0 atom stereocenters. The minimum Gasteiger partial charge on any atom is -0.269 e. The van der Waals surface area contributed by atoms with Crippen LogP contribution in [-0.2, 0) is 0 Å². The third-order valence-electron chi connectivity index (χ3n) is 2.55. The Morgan fingerprint density at radius 1 is 1.23 bits per heavy atom. The van der Waals surface area contributed by atoms with E-state index in [9.17, 15) is 0 Å². The summed E-state index contributed by atoms with van der Waals surface area (Å²) in [7, 11) is 0. The van der Waals surface area contributed by atoms with Gasteiger partial charge in [-0.3, -0.25) is 5.84 Å². The lowest BCUT2D eigenvalue weighted by Gasteiger charge is -2.45. The molecule has 0 bridgehead atoms. The lowest BCUT2D eigenvalue weighted by atomic mass is 9.78. The van der Waals surface area contributed by atoms with Gasteiger partial charge in [0.05, 0.1) is 0 Å². The molecule has 0 aromatic rings. The zero-order chi connectivity index (χ0) is 10.3. The molecule has 0 aromatic carbocycles. The van der Waals surface area contributed by atoms with E-state index in [4.69, 9.17) is 5.84 Å². The molecule has 1 aliphatic heterocycles. The maximum Gasteiger partial charge on any atom is 0.0195 e. The van der Waals surface area contributed by atoms with E-state index < -0.39 is 0 Å². The quantitative estimate of drug-likeness (QED) is 0.540. The number of hydrazine groups is 1. The minimum atomic E-state index is 0.546. The zero-order valence-corrected chi connectivity index (χ0v) is 9.77. The van der Waals surface area contributed by atoms with Gasteiger partial charge in [-0.1, -0.05) is 47.0 Å². The number of nitrogens with two attached hydrogens (primary N) is 1. The van der Waals surface area contributed by atoms with Crippen molar-refractivity contribution in [2.75, 3.05) is 13.1 Å². The van der Waals surface area contributed by atoms with Crippen LogP contribution >= 0.6 is 0 Å². The fourth-order valence-corrected chi connectivity index (χ4v) is 1.89. The topological polar surface area (TPSA) is 29.3 Å². The smallest absolute Gasteiger partial charge is 0.0195 e. The van der Waals surface area contributed by atoms with Gasteiger partial charge in [-0.05, 0) is 11.8 Å². The standard InChI is InChI=1S/C9H20N2.C2H6/c1-3-4-5-6-9(2)7-11(10)8-9;1-2/h3-8,10H2,1-2H3;1-2H3. The Morgan fingerprint density at radius 2 is 1.77 bits per heavy atom. The van der Waals surface area contributed by atoms with Crippen molar-refractivity contribution in [3.05, 3.63) is 0 Å². The van der Waals surface area contributed by atoms with Crippen molar-refractivity contribution in [3.63, 3.8) is 0 Å². The number of hydrogen-bond acceptors (Lipinski definition) is 2. The van der Waals surface area contributed by atoms with Crippen LogP contribution in [0, 0.1) is 5.41 Å². The first kappa shape index (κ1) is 12.9. The van der Waals surface area contributed by atoms with Crippen LogP contribution in [0.4, 0.5) is 0 Å². The number of rotatable bonds is 4. The molecule has 0 spiro atoms. The number of hydrogen-bond donors (Lipinski definition) is 1. The molecule has 1 rings (SSSR count). The van der Waals surface area contributed by atoms with Crippen molar-refractivity contribution in [2.24, 2.45) is 11.3 Å². The molecule has 0 aliphatic carbocycles. The second-order valence-electron chi connectivity index (χ2n) is 4.17. The summed E-state index contributed by atoms with van der Waals surface area (Å²) in [4.78, 5) is 0. The largest absolute Gasteiger partial charge is 0.269 e. The van der Waals surface area contributed by atoms with Crippen molar-refractivity contribution in [1.82, 2.24) is 5.01 Å². The highest BCUT2D eigenvalue weighted by atomic mass is 15.4. The third-order valence-corrected chi connectivity index (χ3v) is 2.55. The molecule has 0 aromatic heterocycles. The minimum absolute atomic E-state index is 0.546. The van der Waals surface area contributed by atoms with Crippen LogP contribution in [0.2, 0.25) is 0 Å². The van der Waals surface area contributed by atoms with Crippen molar-refractivity contribution in [2.45, 2.75) is 53.4 Å². The summed E-state index contributed by atoms with van der Waals surface area (Å²) in [6.07, 6.45) is 5.43. The zero-order valence-electron chi connectivity index (χ0n) is 9.77. The van der Waals surface area contributed by atoms with Gasteiger partial charge in [0.2, 0.25) is 0 Å². The molecule has 2 nitrogen and oxygen atoms in total. The molecule has 0 radical (unpaired) electrons. The fourth-order valence-electron chi connectivity index (χ4n) is 1.89. The third kappa shape index (κ3) is 4.63. The van der Waals surface area contributed by atoms with Crippen LogP contribution in [0.15, 0.2) is 0 Å². The highest BCUT2D eigenvalue weighted by Crippen LogP contribution is 2.32. The summed E-state index contributed by atoms with van der Waals surface area (Å²) >= 11 is 0. The normalized spacial score (nSPS) is 20.1. The van der Waals surface area contributed by atoms with Crippen LogP contribution in [-0.4, -0.2) is 18.1 Å². The first-order valence-corrected chi connectivity index (χ1v) is 5.66. The maximum absolute atomic E-state index is 5.59. The molecule has 13 heavy (non-hydrogen) atoms. The average Bonchev–Trinajstić information content (AvgIpc) is 2.06. The van der Waals surface area contributed by atoms with Gasteiger partial charge >= 0.3 is 0 Å². The van der Waals surface area contributed by atoms with Crippen molar-refractivity contribution < 1.29 is 0 Å². The highest BCUT2D eigenvalue weighted by molar-refractivity contribution is 4.88. The predicted molar refractivity (Wildman–Crippen MR) is 59.4 cm³/mol. The molecule has 0 saturated carbocycles. The van der Waals surface area contributed by atoms with Crippen LogP contribution in [0.5, 0.6) is 0 Å². The Hall–Kier alpha value is -0.0800. The van der Waals surface area contributed by atoms with E-state index in [0.29, 0.717) is 5.41 Å². The van der Waals surface area contributed by atoms with Gasteiger partial charge in [-0.25, -0.2) is 5.01 Å². The Morgan fingerprint density at radius 3 is 2.15 bits per heavy atom. The average molecular weight is 186 g/mol. The summed E-state index contributed by atoms with van der Waals surface area (Å²) in [5, 5.41) is 1.91. The highest BCUT2D eigenvalue weighted by Gasteiger charge is 2.35. The lowest BCUT2D eigenvalue weighted by molar-refractivity contribution is 0.00664. The molecular formula is C11H26N2. The molecule has 0 unspecified atom stereocenters. The van der Waals surface area contributed by atoms with Gasteiger partial charge in [0.1, 0.15) is 0 Å². The van der Waals surface area contributed by atoms with Crippen LogP contribution in [0.25, 0.3) is 0 Å². The van der Waals surface area contributed by atoms with Crippen molar-refractivity contribution in [3.8, 4) is 0 Å². The molecule has 2 heteroatoms. The van der Waals surface area contributed by atoms with E-state index in [1.807, 2.05) is 18.9 Å². The Labute approximate surface area is 83.5 Å². The van der Waals surface area contributed by atoms with Crippen molar-refractivity contribution in [1.29, 1.82) is 0 Å². The van der Waals surface area contributed by atoms with E-state index in [2.05, 4.69) is 13.8 Å². The summed E-state index contributed by atoms with van der Waals surface area (Å²) in [6.45, 7) is 10.8. The second kappa shape index (κ2) is 6.39. The Balaban J connectivity index is 0.000000671. The molecular weight excluding hydrogens is 160 g/mol. The van der Waals surface area contributed by atoms with Gasteiger partial charge in [0.15, 0.2) is 0 Å². The van der Waals surface area contributed by atoms with E-state index in [-0.39, 0.29) is 0 Å². The lowest BCUT2D eigenvalue weighted by Crippen LogP contribution is -2.57. The second-order valence-corrected chi connectivity index (χ2v) is 4.17. The first-order chi connectivity index (χ1) is 6.16. The van der Waals surface area contributed by atoms with E-state index in [1.54, 1.807) is 0 Å². The number of nitrogens with zero attached hydrogens (tertiary/aromatic N) is 1. The SMILES string of the molecule is CC.CCCCCC1(C)CN(N)C1. The summed E-state index contributed by atoms with van der Waals surface area (Å²) in [5.41, 5.74) is 0.546. The fraction of sp³-hybridized carbons (Fsp3) is 1.00. The first-order valence-electron chi connectivity index (χ1n) is 5.66. The van der Waals surface area contributed by atoms with Crippen LogP contribution in [0.1, 0.15) is 53.4 Å². The summed E-state index contributed by atoms with van der Waals surface area (Å²) in [5.74, 6) is 5.59. The van der Waals surface area contributed by atoms with Gasteiger partial charge in [0, 0.05) is 13.1 Å². The van der Waals surface area contributed by atoms with E-state index >= 15 is 0 Å². The molecule has 2 N–H and O–H groups in total. The summed E-state index contributed by atoms with van der Waals surface area (Å²) in [6, 6.07) is 0. The van der Waals surface area contributed by atoms with Gasteiger partial charge in [-0.15, -0.1) is 0 Å². The van der Waals surface area contributed by atoms with Gasteiger partial charge < -0.3 is 0 Å². The maximum atomic E-state index is 5.59. The molecule has 1 saturated heterocycles. The van der Waals surface area contributed by atoms with Gasteiger partial charge in [-0.2, -0.15) is 0 Å². The van der Waals surface area contributed by atoms with Crippen LogP contribution < -0.4 is 5.84 Å². The molecule has 1 fully saturated rings. The van der Waals surface area contributed by atoms with E-state index in [0.717, 1.165) is 13.1 Å². The van der Waals surface area contributed by atoms with Crippen molar-refractivity contribution >= 4 is 0 Å². The Kier molecular flexibility index (Phi) is 6.35. The molecule has 80 valence electrons. The molecule has 0 amide bonds. The molecule has 1 heterocycles. The Bertz CT molecular complexity index is 117. The monoisotopic (exact) mass is 186 g/mol. The predicted octanol–water partition coefficient (Wildman–Crippen LogP) is 2.79. The van der Waals surface area contributed by atoms with Crippen LogP contribution in [0.3, 0.4) is 0 Å². The van der Waals surface area contributed by atoms with Gasteiger partial charge in [0.25, 0.3) is 0 Å². The molecule has 1 aliphatic rings. The summed E-state index contributed by atoms with van der Waals surface area (Å²) < 4.78 is 0. The number of unbranched alkanes of at least 4 members (excludes halogenated alkanes) is 2. The van der Waals surface area contributed by atoms with E-state index in [1.165, 1.54) is 25.7 Å².